The molecule has 0 heterocycles. The molecule has 0 spiro atoms. The molecule has 3 nitrogen and oxygen atoms in total. The zero-order chi connectivity index (χ0) is 28.1. The third-order valence-corrected chi connectivity index (χ3v) is 12.2. The average molecular weight is 529 g/mol. The van der Waals surface area contributed by atoms with Crippen LogP contribution < -0.4 is 0 Å². The molecule has 0 aromatic heterocycles. The third kappa shape index (κ3) is 5.80. The van der Waals surface area contributed by atoms with Crippen LogP contribution in [0.1, 0.15) is 139 Å². The molecule has 4 rings (SSSR count). The van der Waals surface area contributed by atoms with Crippen LogP contribution in [0, 0.1) is 51.8 Å². The summed E-state index contributed by atoms with van der Waals surface area (Å²) in [7, 11) is 0. The van der Waals surface area contributed by atoms with Crippen LogP contribution in [0.2, 0.25) is 0 Å². The van der Waals surface area contributed by atoms with Crippen LogP contribution in [0.3, 0.4) is 0 Å². The number of ether oxygens (including phenoxy) is 1. The summed E-state index contributed by atoms with van der Waals surface area (Å²) < 4.78 is 6.66. The largest absolute Gasteiger partial charge is 0.481 e. The summed E-state index contributed by atoms with van der Waals surface area (Å²) in [5, 5.41) is 9.63. The summed E-state index contributed by atoms with van der Waals surface area (Å²) in [5.41, 5.74) is 1.32. The molecule has 0 aromatic rings. The molecule has 4 aliphatic rings. The van der Waals surface area contributed by atoms with E-state index in [1.54, 1.807) is 5.57 Å². The van der Waals surface area contributed by atoms with Crippen LogP contribution in [-0.4, -0.2) is 22.8 Å². The van der Waals surface area contributed by atoms with E-state index in [1.807, 2.05) is 13.8 Å². The zero-order valence-electron chi connectivity index (χ0n) is 26.4. The van der Waals surface area contributed by atoms with Crippen LogP contribution in [-0.2, 0) is 9.53 Å². The lowest BCUT2D eigenvalue weighted by Crippen LogP contribution is -2.51. The Bertz CT molecular complexity index is 884. The summed E-state index contributed by atoms with van der Waals surface area (Å²) in [6.07, 6.45) is 18.0. The highest BCUT2D eigenvalue weighted by Crippen LogP contribution is 2.67. The summed E-state index contributed by atoms with van der Waals surface area (Å²) in [6, 6.07) is 0. The second-order valence-electron chi connectivity index (χ2n) is 16.4. The van der Waals surface area contributed by atoms with Crippen molar-refractivity contribution in [2.75, 3.05) is 0 Å². The van der Waals surface area contributed by atoms with Gasteiger partial charge in [0.15, 0.2) is 0 Å². The summed E-state index contributed by atoms with van der Waals surface area (Å²) in [6.45, 7) is 20.4. The highest BCUT2D eigenvalue weighted by molar-refractivity contribution is 5.73. The quantitative estimate of drug-likeness (QED) is 0.287. The molecule has 0 aliphatic heterocycles. The van der Waals surface area contributed by atoms with Gasteiger partial charge < -0.3 is 9.84 Å². The van der Waals surface area contributed by atoms with Crippen LogP contribution in [0.4, 0.5) is 0 Å². The predicted molar refractivity (Wildman–Crippen MR) is 158 cm³/mol. The Morgan fingerprint density at radius 2 is 1.74 bits per heavy atom. The molecule has 4 aliphatic carbocycles. The number of fused-ring (bicyclic) bond motifs is 5. The van der Waals surface area contributed by atoms with Crippen LogP contribution >= 0.6 is 0 Å². The molecule has 8 atom stereocenters. The van der Waals surface area contributed by atoms with Crippen molar-refractivity contribution in [3.8, 4) is 0 Å². The summed E-state index contributed by atoms with van der Waals surface area (Å²) in [5.74, 6) is 4.47. The number of aliphatic carboxylic acids is 1. The lowest BCUT2D eigenvalue weighted by Gasteiger charge is -2.58. The van der Waals surface area contributed by atoms with E-state index in [0.717, 1.165) is 48.3 Å². The van der Waals surface area contributed by atoms with E-state index in [4.69, 9.17) is 4.74 Å². The minimum absolute atomic E-state index is 0.210. The number of hydrogen-bond acceptors (Lipinski definition) is 2. The van der Waals surface area contributed by atoms with Crippen molar-refractivity contribution in [1.82, 2.24) is 0 Å². The fourth-order valence-corrected chi connectivity index (χ4v) is 10.4. The second kappa shape index (κ2) is 10.9. The van der Waals surface area contributed by atoms with Gasteiger partial charge in [0.25, 0.3) is 0 Å². The predicted octanol–water partition coefficient (Wildman–Crippen LogP) is 9.69. The van der Waals surface area contributed by atoms with Crippen molar-refractivity contribution in [1.29, 1.82) is 0 Å². The van der Waals surface area contributed by atoms with E-state index in [2.05, 4.69) is 54.5 Å². The fraction of sp³-hybridized carbons (Fsp3) is 0.914. The Morgan fingerprint density at radius 1 is 1.03 bits per heavy atom. The van der Waals surface area contributed by atoms with Gasteiger partial charge in [-0.15, -0.1) is 0 Å². The van der Waals surface area contributed by atoms with Gasteiger partial charge in [-0.2, -0.15) is 0 Å². The Labute approximate surface area is 235 Å². The summed E-state index contributed by atoms with van der Waals surface area (Å²) in [4.78, 5) is 11.7. The van der Waals surface area contributed by atoms with Crippen molar-refractivity contribution < 1.29 is 14.6 Å². The van der Waals surface area contributed by atoms with Gasteiger partial charge in [0.05, 0.1) is 17.1 Å². The topological polar surface area (TPSA) is 46.5 Å². The molecule has 3 heteroatoms. The van der Waals surface area contributed by atoms with E-state index in [1.165, 1.54) is 57.8 Å². The number of carbonyl (C=O) groups is 1. The number of allylic oxidation sites excluding steroid dienone is 1. The van der Waals surface area contributed by atoms with Crippen molar-refractivity contribution >= 4 is 5.97 Å². The molecule has 3 fully saturated rings. The van der Waals surface area contributed by atoms with Crippen molar-refractivity contribution in [3.63, 3.8) is 0 Å². The molecular formula is C35H60O3. The van der Waals surface area contributed by atoms with E-state index in [-0.39, 0.29) is 6.10 Å². The van der Waals surface area contributed by atoms with Crippen molar-refractivity contribution in [2.45, 2.75) is 151 Å². The number of carboxylic acid groups (broad SMARTS) is 1. The molecule has 0 saturated heterocycles. The molecule has 0 amide bonds. The van der Waals surface area contributed by atoms with E-state index < -0.39 is 17.0 Å². The first-order chi connectivity index (χ1) is 17.6. The van der Waals surface area contributed by atoms with E-state index >= 15 is 0 Å². The first kappa shape index (κ1) is 30.1. The molecule has 0 bridgehead atoms. The maximum absolute atomic E-state index is 11.7. The molecule has 8 unspecified atom stereocenters. The number of carboxylic acids is 1. The Kier molecular flexibility index (Phi) is 8.62. The first-order valence-electron chi connectivity index (χ1n) is 16.2. The lowest BCUT2D eigenvalue weighted by molar-refractivity contribution is -0.156. The second-order valence-corrected chi connectivity index (χ2v) is 16.4. The smallest absolute Gasteiger partial charge is 0.309 e. The highest BCUT2D eigenvalue weighted by Gasteiger charge is 2.59. The van der Waals surface area contributed by atoms with Gasteiger partial charge in [0.2, 0.25) is 0 Å². The van der Waals surface area contributed by atoms with E-state index in [0.29, 0.717) is 17.3 Å². The molecule has 38 heavy (non-hydrogen) atoms. The SMILES string of the molecule is CC(C)CCCC(C)C1CCC2C3CC=C4CC(OC(C)(C)CC(C)(C)C(=O)O)CCC4(C)C3CCC12C. The van der Waals surface area contributed by atoms with E-state index in [9.17, 15) is 9.90 Å². The zero-order valence-corrected chi connectivity index (χ0v) is 26.4. The molecule has 0 aromatic carbocycles. The highest BCUT2D eigenvalue weighted by atomic mass is 16.5. The summed E-state index contributed by atoms with van der Waals surface area (Å²) >= 11 is 0. The Hall–Kier alpha value is -0.830. The minimum atomic E-state index is -0.774. The standard InChI is InChI=1S/C35H60O3/c1-23(2)11-10-12-24(3)28-15-16-29-27-14-13-25-21-26(38-33(6,7)22-32(4,5)31(36)37)17-19-34(25,8)30(27)18-20-35(28,29)9/h13,23-24,26-30H,10-12,14-22H2,1-9H3,(H,36,37). The van der Waals surface area contributed by atoms with Gasteiger partial charge in [0.1, 0.15) is 0 Å². The number of hydrogen-bond donors (Lipinski definition) is 1. The van der Waals surface area contributed by atoms with Crippen LogP contribution in [0.25, 0.3) is 0 Å². The van der Waals surface area contributed by atoms with Gasteiger partial charge in [0, 0.05) is 0 Å². The van der Waals surface area contributed by atoms with Gasteiger partial charge in [-0.3, -0.25) is 4.79 Å². The van der Waals surface area contributed by atoms with Crippen LogP contribution in [0.5, 0.6) is 0 Å². The minimum Gasteiger partial charge on any atom is -0.481 e. The maximum Gasteiger partial charge on any atom is 0.309 e. The maximum atomic E-state index is 11.7. The normalized spacial score (nSPS) is 38.3. The molecule has 3 saturated carbocycles. The Morgan fingerprint density at radius 3 is 2.39 bits per heavy atom. The van der Waals surface area contributed by atoms with Gasteiger partial charge in [-0.05, 0) is 132 Å². The van der Waals surface area contributed by atoms with Gasteiger partial charge >= 0.3 is 5.97 Å². The monoisotopic (exact) mass is 528 g/mol. The molecule has 1 N–H and O–H groups in total. The average Bonchev–Trinajstić information content (AvgIpc) is 3.15. The Balaban J connectivity index is 1.42. The third-order valence-electron chi connectivity index (χ3n) is 12.2. The molecular weight excluding hydrogens is 468 g/mol. The fourth-order valence-electron chi connectivity index (χ4n) is 10.4. The van der Waals surface area contributed by atoms with Crippen molar-refractivity contribution in [2.24, 2.45) is 51.8 Å². The van der Waals surface area contributed by atoms with Crippen LogP contribution in [0.15, 0.2) is 11.6 Å². The molecule has 0 radical (unpaired) electrons. The first-order valence-corrected chi connectivity index (χ1v) is 16.2. The van der Waals surface area contributed by atoms with Crippen molar-refractivity contribution in [3.05, 3.63) is 11.6 Å². The van der Waals surface area contributed by atoms with Gasteiger partial charge in [-0.25, -0.2) is 0 Å². The number of rotatable bonds is 10. The van der Waals surface area contributed by atoms with Gasteiger partial charge in [-0.1, -0.05) is 65.5 Å². The molecule has 218 valence electrons. The lowest BCUT2D eigenvalue weighted by atomic mass is 9.47.